The normalized spacial score (nSPS) is 25.0. The molecular weight excluding hydrogens is 226 g/mol. The number of likely N-dealkylation sites (tertiary alicyclic amines) is 1. The first-order valence-electron chi connectivity index (χ1n) is 6.65. The number of nitrogens with zero attached hydrogens (tertiary/aromatic N) is 1. The number of hydrogen-bond acceptors (Lipinski definition) is 3. The lowest BCUT2D eigenvalue weighted by molar-refractivity contribution is 0.0287. The fourth-order valence-electron chi connectivity index (χ4n) is 2.35. The molecule has 1 heterocycles. The molecule has 0 saturated carbocycles. The summed E-state index contributed by atoms with van der Waals surface area (Å²) in [4.78, 5) is 14.1. The van der Waals surface area contributed by atoms with Crippen LogP contribution < -0.4 is 0 Å². The molecule has 2 unspecified atom stereocenters. The summed E-state index contributed by atoms with van der Waals surface area (Å²) in [5.74, 6) is 0.565. The summed E-state index contributed by atoms with van der Waals surface area (Å²) in [6, 6.07) is 9.41. The van der Waals surface area contributed by atoms with E-state index in [1.165, 1.54) is 0 Å². The smallest absolute Gasteiger partial charge is 0.164 e. The van der Waals surface area contributed by atoms with Crippen LogP contribution in [0.2, 0.25) is 0 Å². The summed E-state index contributed by atoms with van der Waals surface area (Å²) < 4.78 is 0. The molecule has 1 aliphatic rings. The Morgan fingerprint density at radius 1 is 1.39 bits per heavy atom. The molecule has 1 aromatic rings. The number of ketones is 1. The van der Waals surface area contributed by atoms with Crippen molar-refractivity contribution in [3.8, 4) is 0 Å². The maximum Gasteiger partial charge on any atom is 0.164 e. The Hall–Kier alpha value is -1.19. The van der Waals surface area contributed by atoms with Gasteiger partial charge in [-0.1, -0.05) is 37.3 Å². The van der Waals surface area contributed by atoms with E-state index in [1.807, 2.05) is 30.3 Å². The van der Waals surface area contributed by atoms with Crippen LogP contribution in [0.15, 0.2) is 30.3 Å². The monoisotopic (exact) mass is 247 g/mol. The summed E-state index contributed by atoms with van der Waals surface area (Å²) in [5.41, 5.74) is 0.781. The highest BCUT2D eigenvalue weighted by Crippen LogP contribution is 2.17. The van der Waals surface area contributed by atoms with E-state index in [-0.39, 0.29) is 11.9 Å². The van der Waals surface area contributed by atoms with E-state index in [4.69, 9.17) is 0 Å². The second-order valence-electron chi connectivity index (χ2n) is 5.17. The van der Waals surface area contributed by atoms with Gasteiger partial charge < -0.3 is 10.0 Å². The fraction of sp³-hybridized carbons (Fsp3) is 0.533. The number of carbonyl (C=O) groups is 1. The first kappa shape index (κ1) is 13.2. The van der Waals surface area contributed by atoms with Gasteiger partial charge in [0.25, 0.3) is 0 Å². The van der Waals surface area contributed by atoms with Crippen LogP contribution in [0.5, 0.6) is 0 Å². The standard InChI is InChI=1S/C15H21NO2/c1-12-7-9-16(11-15(12)18)10-8-14(17)13-5-3-2-4-6-13/h2-6,12,15,18H,7-11H2,1H3. The van der Waals surface area contributed by atoms with Gasteiger partial charge in [-0.3, -0.25) is 4.79 Å². The summed E-state index contributed by atoms with van der Waals surface area (Å²) in [6.45, 7) is 4.51. The zero-order chi connectivity index (χ0) is 13.0. The van der Waals surface area contributed by atoms with Crippen molar-refractivity contribution in [1.82, 2.24) is 4.90 Å². The van der Waals surface area contributed by atoms with Crippen LogP contribution in [-0.2, 0) is 0 Å². The third-order valence-corrected chi connectivity index (χ3v) is 3.75. The molecule has 3 nitrogen and oxygen atoms in total. The molecule has 18 heavy (non-hydrogen) atoms. The highest BCUT2D eigenvalue weighted by atomic mass is 16.3. The van der Waals surface area contributed by atoms with E-state index >= 15 is 0 Å². The molecule has 3 heteroatoms. The number of hydrogen-bond donors (Lipinski definition) is 1. The average Bonchev–Trinajstić information content (AvgIpc) is 2.41. The second-order valence-corrected chi connectivity index (χ2v) is 5.17. The number of aliphatic hydroxyl groups excluding tert-OH is 1. The Labute approximate surface area is 108 Å². The number of benzene rings is 1. The van der Waals surface area contributed by atoms with Crippen LogP contribution >= 0.6 is 0 Å². The zero-order valence-corrected chi connectivity index (χ0v) is 10.9. The minimum Gasteiger partial charge on any atom is -0.392 e. The highest BCUT2D eigenvalue weighted by molar-refractivity contribution is 5.96. The van der Waals surface area contributed by atoms with Crippen LogP contribution in [0.25, 0.3) is 0 Å². The van der Waals surface area contributed by atoms with E-state index < -0.39 is 0 Å². The lowest BCUT2D eigenvalue weighted by atomic mass is 9.96. The van der Waals surface area contributed by atoms with E-state index in [9.17, 15) is 9.90 Å². The third kappa shape index (κ3) is 3.40. The largest absolute Gasteiger partial charge is 0.392 e. The predicted octanol–water partition coefficient (Wildman–Crippen LogP) is 1.96. The van der Waals surface area contributed by atoms with Crippen molar-refractivity contribution in [2.24, 2.45) is 5.92 Å². The molecule has 98 valence electrons. The first-order valence-corrected chi connectivity index (χ1v) is 6.65. The van der Waals surface area contributed by atoms with Crippen LogP contribution in [-0.4, -0.2) is 41.5 Å². The van der Waals surface area contributed by atoms with Gasteiger partial charge in [-0.15, -0.1) is 0 Å². The molecule has 1 N–H and O–H groups in total. The zero-order valence-electron chi connectivity index (χ0n) is 10.9. The molecule has 2 atom stereocenters. The molecule has 0 amide bonds. The number of β-amino-alcohol motifs (C(OH)–C–C–N with tert-alkyl or cyclic N) is 1. The number of Topliss-reactive ketones (excluding diaryl/α,β-unsaturated/α-hetero) is 1. The SMILES string of the molecule is CC1CCN(CCC(=O)c2ccccc2)CC1O. The van der Waals surface area contributed by atoms with Crippen molar-refractivity contribution >= 4 is 5.78 Å². The summed E-state index contributed by atoms with van der Waals surface area (Å²) in [5, 5.41) is 9.80. The maximum atomic E-state index is 11.9. The number of aliphatic hydroxyl groups is 1. The number of piperidine rings is 1. The van der Waals surface area contributed by atoms with Gasteiger partial charge >= 0.3 is 0 Å². The summed E-state index contributed by atoms with van der Waals surface area (Å²) >= 11 is 0. The first-order chi connectivity index (χ1) is 8.66. The molecule has 0 spiro atoms. The van der Waals surface area contributed by atoms with Crippen LogP contribution in [0, 0.1) is 5.92 Å². The minimum atomic E-state index is -0.245. The van der Waals surface area contributed by atoms with Gasteiger partial charge in [0, 0.05) is 25.1 Å². The van der Waals surface area contributed by atoms with E-state index in [0.29, 0.717) is 18.9 Å². The lowest BCUT2D eigenvalue weighted by Crippen LogP contribution is -2.43. The third-order valence-electron chi connectivity index (χ3n) is 3.75. The topological polar surface area (TPSA) is 40.5 Å². The molecular formula is C15H21NO2. The molecule has 0 radical (unpaired) electrons. The Morgan fingerprint density at radius 2 is 2.11 bits per heavy atom. The second kappa shape index (κ2) is 6.12. The molecule has 2 rings (SSSR count). The number of rotatable bonds is 4. The minimum absolute atomic E-state index is 0.184. The van der Waals surface area contributed by atoms with Crippen molar-refractivity contribution in [2.75, 3.05) is 19.6 Å². The maximum absolute atomic E-state index is 11.9. The predicted molar refractivity (Wildman–Crippen MR) is 71.6 cm³/mol. The molecule has 1 aromatic carbocycles. The Kier molecular flexibility index (Phi) is 4.50. The van der Waals surface area contributed by atoms with Crippen LogP contribution in [0.3, 0.4) is 0 Å². The van der Waals surface area contributed by atoms with Gasteiger partial charge in [0.05, 0.1) is 6.10 Å². The van der Waals surface area contributed by atoms with Gasteiger partial charge in [-0.05, 0) is 18.9 Å². The quantitative estimate of drug-likeness (QED) is 0.827. The molecule has 1 fully saturated rings. The summed E-state index contributed by atoms with van der Waals surface area (Å²) in [6.07, 6.45) is 1.30. The van der Waals surface area contributed by atoms with Crippen LogP contribution in [0.1, 0.15) is 30.1 Å². The fourth-order valence-corrected chi connectivity index (χ4v) is 2.35. The van der Waals surface area contributed by atoms with Crippen molar-refractivity contribution in [3.63, 3.8) is 0 Å². The summed E-state index contributed by atoms with van der Waals surface area (Å²) in [7, 11) is 0. The number of carbonyl (C=O) groups excluding carboxylic acids is 1. The van der Waals surface area contributed by atoms with Gasteiger partial charge in [-0.25, -0.2) is 0 Å². The average molecular weight is 247 g/mol. The van der Waals surface area contributed by atoms with Gasteiger partial charge in [-0.2, -0.15) is 0 Å². The van der Waals surface area contributed by atoms with Crippen LogP contribution in [0.4, 0.5) is 0 Å². The molecule has 1 aliphatic heterocycles. The van der Waals surface area contributed by atoms with Crippen molar-refractivity contribution < 1.29 is 9.90 Å². The Bertz CT molecular complexity index is 391. The van der Waals surface area contributed by atoms with E-state index in [2.05, 4.69) is 11.8 Å². The van der Waals surface area contributed by atoms with Crippen molar-refractivity contribution in [3.05, 3.63) is 35.9 Å². The molecule has 0 bridgehead atoms. The van der Waals surface area contributed by atoms with Crippen molar-refractivity contribution in [1.29, 1.82) is 0 Å². The van der Waals surface area contributed by atoms with Gasteiger partial charge in [0.1, 0.15) is 0 Å². The highest BCUT2D eigenvalue weighted by Gasteiger charge is 2.24. The molecule has 1 saturated heterocycles. The molecule has 0 aromatic heterocycles. The van der Waals surface area contributed by atoms with Gasteiger partial charge in [0.15, 0.2) is 5.78 Å². The van der Waals surface area contributed by atoms with Gasteiger partial charge in [0.2, 0.25) is 0 Å². The van der Waals surface area contributed by atoms with Crippen molar-refractivity contribution in [2.45, 2.75) is 25.9 Å². The van der Waals surface area contributed by atoms with E-state index in [1.54, 1.807) is 0 Å². The lowest BCUT2D eigenvalue weighted by Gasteiger charge is -2.34. The Morgan fingerprint density at radius 3 is 2.78 bits per heavy atom. The van der Waals surface area contributed by atoms with E-state index in [0.717, 1.165) is 25.1 Å². The Balaban J connectivity index is 1.80. The molecule has 0 aliphatic carbocycles.